The van der Waals surface area contributed by atoms with Gasteiger partial charge in [0.1, 0.15) is 23.9 Å². The SMILES string of the molecule is N#CC(C#N)(C#N)c1ccn(-c2ncccc2Cl)n1. The molecule has 0 aliphatic heterocycles. The van der Waals surface area contributed by atoms with Crippen LogP contribution in [0, 0.1) is 34.0 Å². The van der Waals surface area contributed by atoms with Crippen molar-refractivity contribution in [2.75, 3.05) is 0 Å². The molecule has 0 radical (unpaired) electrons. The number of hydrogen-bond acceptors (Lipinski definition) is 5. The summed E-state index contributed by atoms with van der Waals surface area (Å²) in [6, 6.07) is 9.70. The Morgan fingerprint density at radius 2 is 1.84 bits per heavy atom. The van der Waals surface area contributed by atoms with Gasteiger partial charge in [-0.25, -0.2) is 9.67 Å². The molecule has 2 aromatic heterocycles. The molecule has 6 nitrogen and oxygen atoms in total. The van der Waals surface area contributed by atoms with Crippen LogP contribution in [0.3, 0.4) is 0 Å². The van der Waals surface area contributed by atoms with Crippen molar-refractivity contribution in [1.29, 1.82) is 15.8 Å². The topological polar surface area (TPSA) is 102 Å². The molecule has 0 atom stereocenters. The van der Waals surface area contributed by atoms with Gasteiger partial charge in [0.25, 0.3) is 5.41 Å². The molecular weight excluding hydrogens is 264 g/mol. The molecule has 0 N–H and O–H groups in total. The first-order valence-electron chi connectivity index (χ1n) is 5.07. The average Bonchev–Trinajstić information content (AvgIpc) is 2.92. The third-order valence-electron chi connectivity index (χ3n) is 2.43. The van der Waals surface area contributed by atoms with Gasteiger partial charge in [-0.2, -0.15) is 20.9 Å². The number of nitrogens with zero attached hydrogens (tertiary/aromatic N) is 6. The van der Waals surface area contributed by atoms with Gasteiger partial charge in [0.05, 0.1) is 5.02 Å². The standard InChI is InChI=1S/C12H5ClN6/c13-9-2-1-4-17-11(9)19-5-3-10(18-19)12(6-14,7-15)8-16/h1-5H. The molecular formula is C12H5ClN6. The van der Waals surface area contributed by atoms with E-state index >= 15 is 0 Å². The highest BCUT2D eigenvalue weighted by Crippen LogP contribution is 2.22. The zero-order valence-electron chi connectivity index (χ0n) is 9.45. The molecule has 0 spiro atoms. The summed E-state index contributed by atoms with van der Waals surface area (Å²) in [4.78, 5) is 4.04. The minimum absolute atomic E-state index is 0.0433. The second-order valence-electron chi connectivity index (χ2n) is 3.54. The molecule has 0 fully saturated rings. The molecule has 0 aliphatic rings. The van der Waals surface area contributed by atoms with Crippen LogP contribution in [0.15, 0.2) is 30.6 Å². The normalized spacial score (nSPS) is 10.2. The number of halogens is 1. The Bertz CT molecular complexity index is 707. The van der Waals surface area contributed by atoms with Crippen molar-refractivity contribution in [3.63, 3.8) is 0 Å². The highest BCUT2D eigenvalue weighted by Gasteiger charge is 2.35. The molecule has 0 aliphatic carbocycles. The summed E-state index contributed by atoms with van der Waals surface area (Å²) < 4.78 is 1.32. The summed E-state index contributed by atoms with van der Waals surface area (Å²) in [5.41, 5.74) is -1.88. The quantitative estimate of drug-likeness (QED) is 0.825. The van der Waals surface area contributed by atoms with Gasteiger partial charge in [0.15, 0.2) is 5.82 Å². The maximum Gasteiger partial charge on any atom is 0.271 e. The number of aromatic nitrogens is 3. The zero-order valence-corrected chi connectivity index (χ0v) is 10.2. The number of rotatable bonds is 2. The number of hydrogen-bond donors (Lipinski definition) is 0. The van der Waals surface area contributed by atoms with E-state index in [0.717, 1.165) is 0 Å². The molecule has 90 valence electrons. The fraction of sp³-hybridized carbons (Fsp3) is 0.0833. The van der Waals surface area contributed by atoms with Crippen LogP contribution >= 0.6 is 11.6 Å². The van der Waals surface area contributed by atoms with Crippen LogP contribution in [0.4, 0.5) is 0 Å². The third-order valence-corrected chi connectivity index (χ3v) is 2.73. The molecule has 0 unspecified atom stereocenters. The Morgan fingerprint density at radius 3 is 2.42 bits per heavy atom. The van der Waals surface area contributed by atoms with Gasteiger partial charge in [0, 0.05) is 12.4 Å². The molecule has 0 saturated carbocycles. The summed E-state index contributed by atoms with van der Waals surface area (Å²) >= 11 is 5.97. The van der Waals surface area contributed by atoms with E-state index in [1.165, 1.54) is 23.1 Å². The van der Waals surface area contributed by atoms with E-state index in [4.69, 9.17) is 27.4 Å². The molecule has 2 aromatic rings. The highest BCUT2D eigenvalue weighted by molar-refractivity contribution is 6.32. The van der Waals surface area contributed by atoms with Crippen LogP contribution in [0.5, 0.6) is 0 Å². The zero-order chi connectivity index (χ0) is 13.9. The lowest BCUT2D eigenvalue weighted by atomic mass is 9.90. The second-order valence-corrected chi connectivity index (χ2v) is 3.95. The van der Waals surface area contributed by atoms with Crippen molar-refractivity contribution in [3.05, 3.63) is 41.3 Å². The number of nitriles is 3. The minimum atomic E-state index is -1.92. The van der Waals surface area contributed by atoms with Gasteiger partial charge < -0.3 is 0 Å². The summed E-state index contributed by atoms with van der Waals surface area (Å²) in [5.74, 6) is 0.359. The van der Waals surface area contributed by atoms with Crippen LogP contribution < -0.4 is 0 Å². The van der Waals surface area contributed by atoms with Gasteiger partial charge in [-0.3, -0.25) is 0 Å². The Hall–Kier alpha value is -2.88. The van der Waals surface area contributed by atoms with Crippen molar-refractivity contribution >= 4 is 11.6 Å². The van der Waals surface area contributed by atoms with Crippen molar-refractivity contribution in [3.8, 4) is 24.0 Å². The van der Waals surface area contributed by atoms with E-state index in [2.05, 4.69) is 10.1 Å². The fourth-order valence-corrected chi connectivity index (χ4v) is 1.64. The van der Waals surface area contributed by atoms with E-state index < -0.39 is 5.41 Å². The lowest BCUT2D eigenvalue weighted by Crippen LogP contribution is -2.20. The first-order chi connectivity index (χ1) is 9.16. The molecule has 0 bridgehead atoms. The highest BCUT2D eigenvalue weighted by atomic mass is 35.5. The third kappa shape index (κ3) is 1.99. The summed E-state index contributed by atoms with van der Waals surface area (Å²) in [5, 5.41) is 31.3. The van der Waals surface area contributed by atoms with E-state index in [1.54, 1.807) is 30.3 Å². The Kier molecular flexibility index (Phi) is 3.16. The molecule has 0 aromatic carbocycles. The van der Waals surface area contributed by atoms with Gasteiger partial charge in [-0.15, -0.1) is 0 Å². The molecule has 19 heavy (non-hydrogen) atoms. The number of pyridine rings is 1. The van der Waals surface area contributed by atoms with Crippen LogP contribution in [0.1, 0.15) is 5.69 Å². The van der Waals surface area contributed by atoms with Crippen molar-refractivity contribution in [2.45, 2.75) is 5.41 Å². The van der Waals surface area contributed by atoms with Crippen molar-refractivity contribution in [2.24, 2.45) is 0 Å². The molecule has 2 heterocycles. The Morgan fingerprint density at radius 1 is 1.16 bits per heavy atom. The average molecular weight is 269 g/mol. The molecule has 0 saturated heterocycles. The van der Waals surface area contributed by atoms with Crippen LogP contribution in [0.25, 0.3) is 5.82 Å². The van der Waals surface area contributed by atoms with E-state index in [0.29, 0.717) is 10.8 Å². The first-order valence-corrected chi connectivity index (χ1v) is 5.45. The van der Waals surface area contributed by atoms with Gasteiger partial charge in [-0.1, -0.05) is 11.6 Å². The summed E-state index contributed by atoms with van der Waals surface area (Å²) in [7, 11) is 0. The minimum Gasteiger partial charge on any atom is -0.236 e. The van der Waals surface area contributed by atoms with Crippen LogP contribution in [-0.2, 0) is 5.41 Å². The maximum absolute atomic E-state index is 8.98. The Labute approximate surface area is 113 Å². The largest absolute Gasteiger partial charge is 0.271 e. The molecule has 2 rings (SSSR count). The van der Waals surface area contributed by atoms with Gasteiger partial charge >= 0.3 is 0 Å². The lowest BCUT2D eigenvalue weighted by Gasteiger charge is -2.05. The Balaban J connectivity index is 2.53. The van der Waals surface area contributed by atoms with E-state index in [1.807, 2.05) is 0 Å². The summed E-state index contributed by atoms with van der Waals surface area (Å²) in [6.07, 6.45) is 3.03. The second kappa shape index (κ2) is 4.78. The van der Waals surface area contributed by atoms with Gasteiger partial charge in [0.2, 0.25) is 0 Å². The first kappa shape index (κ1) is 12.6. The monoisotopic (exact) mass is 268 g/mol. The predicted molar refractivity (Wildman–Crippen MR) is 64.9 cm³/mol. The maximum atomic E-state index is 8.98. The smallest absolute Gasteiger partial charge is 0.236 e. The van der Waals surface area contributed by atoms with Crippen LogP contribution in [0.2, 0.25) is 5.02 Å². The fourth-order valence-electron chi connectivity index (χ4n) is 1.43. The molecule has 7 heteroatoms. The molecule has 0 amide bonds. The van der Waals surface area contributed by atoms with E-state index in [-0.39, 0.29) is 5.69 Å². The van der Waals surface area contributed by atoms with E-state index in [9.17, 15) is 0 Å². The summed E-state index contributed by atoms with van der Waals surface area (Å²) in [6.45, 7) is 0. The van der Waals surface area contributed by atoms with Crippen molar-refractivity contribution in [1.82, 2.24) is 14.8 Å². The van der Waals surface area contributed by atoms with Crippen LogP contribution in [-0.4, -0.2) is 14.8 Å². The lowest BCUT2D eigenvalue weighted by molar-refractivity contribution is 0.771. The van der Waals surface area contributed by atoms with Gasteiger partial charge in [-0.05, 0) is 18.2 Å². The predicted octanol–water partition coefficient (Wildman–Crippen LogP) is 1.73. The van der Waals surface area contributed by atoms with Crippen molar-refractivity contribution < 1.29 is 0 Å².